The van der Waals surface area contributed by atoms with E-state index in [0.29, 0.717) is 28.3 Å². The molecule has 1 aliphatic heterocycles. The van der Waals surface area contributed by atoms with Crippen LogP contribution in [-0.4, -0.2) is 28.8 Å². The van der Waals surface area contributed by atoms with Gasteiger partial charge in [0, 0.05) is 17.4 Å². The number of imide groups is 1. The molecule has 0 fully saturated rings. The van der Waals surface area contributed by atoms with E-state index in [2.05, 4.69) is 10.6 Å². The average Bonchev–Trinajstić information content (AvgIpc) is 3.00. The number of urea groups is 1. The molecule has 3 aromatic carbocycles. The van der Waals surface area contributed by atoms with E-state index in [-0.39, 0.29) is 17.9 Å². The number of fused-ring (bicyclic) bond motifs is 1. The number of rotatable bonds is 5. The van der Waals surface area contributed by atoms with E-state index < -0.39 is 6.03 Å². The Labute approximate surface area is 179 Å². The van der Waals surface area contributed by atoms with Crippen molar-refractivity contribution in [2.24, 2.45) is 0 Å². The van der Waals surface area contributed by atoms with Gasteiger partial charge in [-0.05, 0) is 68.4 Å². The molecule has 2 N–H and O–H groups in total. The van der Waals surface area contributed by atoms with Crippen LogP contribution in [0.1, 0.15) is 34.6 Å². The van der Waals surface area contributed by atoms with Gasteiger partial charge in [-0.2, -0.15) is 0 Å². The number of nitrogens with zero attached hydrogens (tertiary/aromatic N) is 1. The highest BCUT2D eigenvalue weighted by molar-refractivity contribution is 6.22. The number of amides is 4. The molecule has 0 bridgehead atoms. The lowest BCUT2D eigenvalue weighted by Crippen LogP contribution is -2.35. The molecule has 0 aromatic heterocycles. The number of benzene rings is 3. The molecule has 31 heavy (non-hydrogen) atoms. The molecule has 7 heteroatoms. The van der Waals surface area contributed by atoms with Crippen LogP contribution in [0.4, 0.5) is 16.2 Å². The molecule has 0 unspecified atom stereocenters. The quantitative estimate of drug-likeness (QED) is 0.566. The summed E-state index contributed by atoms with van der Waals surface area (Å²) in [5.41, 5.74) is 1.64. The van der Waals surface area contributed by atoms with E-state index in [1.165, 1.54) is 11.0 Å². The first-order valence-corrected chi connectivity index (χ1v) is 9.85. The third kappa shape index (κ3) is 4.25. The third-order valence-corrected chi connectivity index (χ3v) is 4.78. The number of carbonyl (C=O) groups is 3. The third-order valence-electron chi connectivity index (χ3n) is 4.78. The first-order valence-electron chi connectivity index (χ1n) is 9.85. The van der Waals surface area contributed by atoms with Crippen molar-refractivity contribution in [2.45, 2.75) is 19.9 Å². The first-order chi connectivity index (χ1) is 14.9. The molecule has 0 aliphatic carbocycles. The van der Waals surface area contributed by atoms with Crippen LogP contribution in [0.3, 0.4) is 0 Å². The molecule has 3 aromatic rings. The molecule has 0 radical (unpaired) electrons. The van der Waals surface area contributed by atoms with Gasteiger partial charge in [0.05, 0.1) is 11.1 Å². The lowest BCUT2D eigenvalue weighted by atomic mass is 10.1. The Morgan fingerprint density at radius 2 is 1.35 bits per heavy atom. The average molecular weight is 415 g/mol. The largest absolute Gasteiger partial charge is 0.457 e. The van der Waals surface area contributed by atoms with Gasteiger partial charge in [-0.3, -0.25) is 14.5 Å². The summed E-state index contributed by atoms with van der Waals surface area (Å²) >= 11 is 0. The van der Waals surface area contributed by atoms with Gasteiger partial charge in [0.1, 0.15) is 11.5 Å². The van der Waals surface area contributed by atoms with Crippen LogP contribution in [0.2, 0.25) is 0 Å². The normalized spacial score (nSPS) is 12.7. The predicted octanol–water partition coefficient (Wildman–Crippen LogP) is 5.13. The molecule has 0 saturated carbocycles. The summed E-state index contributed by atoms with van der Waals surface area (Å²) in [6.07, 6.45) is 0. The van der Waals surface area contributed by atoms with Crippen molar-refractivity contribution in [3.05, 3.63) is 83.9 Å². The lowest BCUT2D eigenvalue weighted by Gasteiger charge is -2.17. The molecule has 0 spiro atoms. The summed E-state index contributed by atoms with van der Waals surface area (Å²) in [7, 11) is 0. The topological polar surface area (TPSA) is 87.7 Å². The van der Waals surface area contributed by atoms with Crippen molar-refractivity contribution in [1.29, 1.82) is 0 Å². The maximum absolute atomic E-state index is 12.5. The van der Waals surface area contributed by atoms with E-state index in [0.717, 1.165) is 5.75 Å². The Morgan fingerprint density at radius 3 is 2.03 bits per heavy atom. The summed E-state index contributed by atoms with van der Waals surface area (Å²) < 4.78 is 5.73. The number of anilines is 2. The highest BCUT2D eigenvalue weighted by Crippen LogP contribution is 2.27. The number of carbonyl (C=O) groups excluding carboxylic acids is 3. The summed E-state index contributed by atoms with van der Waals surface area (Å²) in [4.78, 5) is 38.4. The second-order valence-corrected chi connectivity index (χ2v) is 7.35. The maximum atomic E-state index is 12.5. The van der Waals surface area contributed by atoms with Gasteiger partial charge in [0.15, 0.2) is 0 Å². The molecule has 7 nitrogen and oxygen atoms in total. The zero-order chi connectivity index (χ0) is 22.0. The van der Waals surface area contributed by atoms with Crippen LogP contribution >= 0.6 is 0 Å². The molecule has 1 heterocycles. The molecule has 0 saturated heterocycles. The second kappa shape index (κ2) is 8.31. The fraction of sp³-hybridized carbons (Fsp3) is 0.125. The minimum absolute atomic E-state index is 0.235. The van der Waals surface area contributed by atoms with E-state index in [9.17, 15) is 14.4 Å². The Balaban J connectivity index is 1.40. The number of hydrogen-bond donors (Lipinski definition) is 2. The standard InChI is InChI=1S/C24H21N3O4/c1-15(2)27-22(28)20-13-10-17(14-21(20)23(27)29)26-24(30)25-16-8-11-19(12-9-16)31-18-6-4-3-5-7-18/h3-15H,1-2H3,(H2,25,26,30). The number of hydrogen-bond acceptors (Lipinski definition) is 4. The van der Waals surface area contributed by atoms with Crippen molar-refractivity contribution in [3.8, 4) is 11.5 Å². The summed E-state index contributed by atoms with van der Waals surface area (Å²) in [6.45, 7) is 3.56. The van der Waals surface area contributed by atoms with Crippen LogP contribution in [0.5, 0.6) is 11.5 Å². The number of nitrogens with one attached hydrogen (secondary N) is 2. The van der Waals surface area contributed by atoms with Gasteiger partial charge in [-0.15, -0.1) is 0 Å². The Morgan fingerprint density at radius 1 is 0.774 bits per heavy atom. The van der Waals surface area contributed by atoms with Crippen molar-refractivity contribution < 1.29 is 19.1 Å². The van der Waals surface area contributed by atoms with Gasteiger partial charge in [0.25, 0.3) is 11.8 Å². The lowest BCUT2D eigenvalue weighted by molar-refractivity contribution is 0.0609. The van der Waals surface area contributed by atoms with Crippen LogP contribution in [-0.2, 0) is 0 Å². The van der Waals surface area contributed by atoms with Crippen molar-refractivity contribution in [3.63, 3.8) is 0 Å². The Bertz CT molecular complexity index is 1140. The van der Waals surface area contributed by atoms with Crippen LogP contribution in [0.15, 0.2) is 72.8 Å². The Hall–Kier alpha value is -4.13. The van der Waals surface area contributed by atoms with E-state index >= 15 is 0 Å². The fourth-order valence-electron chi connectivity index (χ4n) is 3.33. The second-order valence-electron chi connectivity index (χ2n) is 7.35. The SMILES string of the molecule is CC(C)N1C(=O)c2ccc(NC(=O)Nc3ccc(Oc4ccccc4)cc3)cc2C1=O. The predicted molar refractivity (Wildman–Crippen MR) is 118 cm³/mol. The molecule has 0 atom stereocenters. The van der Waals surface area contributed by atoms with Crippen LogP contribution in [0, 0.1) is 0 Å². The van der Waals surface area contributed by atoms with Gasteiger partial charge >= 0.3 is 6.03 Å². The van der Waals surface area contributed by atoms with E-state index in [4.69, 9.17) is 4.74 Å². The smallest absolute Gasteiger partial charge is 0.323 e. The van der Waals surface area contributed by atoms with Crippen molar-refractivity contribution in [2.75, 3.05) is 10.6 Å². The van der Waals surface area contributed by atoms with E-state index in [1.807, 2.05) is 30.3 Å². The highest BCUT2D eigenvalue weighted by Gasteiger charge is 2.37. The molecule has 4 rings (SSSR count). The van der Waals surface area contributed by atoms with Crippen molar-refractivity contribution >= 4 is 29.2 Å². The van der Waals surface area contributed by atoms with Gasteiger partial charge in [-0.25, -0.2) is 4.79 Å². The zero-order valence-corrected chi connectivity index (χ0v) is 17.1. The molecular formula is C24H21N3O4. The highest BCUT2D eigenvalue weighted by atomic mass is 16.5. The molecule has 156 valence electrons. The fourth-order valence-corrected chi connectivity index (χ4v) is 3.33. The number of ether oxygens (including phenoxy) is 1. The summed E-state index contributed by atoms with van der Waals surface area (Å²) in [5.74, 6) is 0.701. The zero-order valence-electron chi connectivity index (χ0n) is 17.1. The minimum Gasteiger partial charge on any atom is -0.457 e. The first kappa shape index (κ1) is 20.2. The van der Waals surface area contributed by atoms with Crippen molar-refractivity contribution in [1.82, 2.24) is 4.90 Å². The summed E-state index contributed by atoms with van der Waals surface area (Å²) in [5, 5.41) is 5.42. The number of para-hydroxylation sites is 1. The van der Waals surface area contributed by atoms with Crippen LogP contribution < -0.4 is 15.4 Å². The Kier molecular flexibility index (Phi) is 5.41. The van der Waals surface area contributed by atoms with Gasteiger partial charge in [-0.1, -0.05) is 18.2 Å². The van der Waals surface area contributed by atoms with Crippen LogP contribution in [0.25, 0.3) is 0 Å². The molecular weight excluding hydrogens is 394 g/mol. The van der Waals surface area contributed by atoms with Gasteiger partial charge in [0.2, 0.25) is 0 Å². The summed E-state index contributed by atoms with van der Waals surface area (Å²) in [6, 6.07) is 20.3. The van der Waals surface area contributed by atoms with E-state index in [1.54, 1.807) is 50.2 Å². The monoisotopic (exact) mass is 415 g/mol. The molecule has 1 aliphatic rings. The van der Waals surface area contributed by atoms with Gasteiger partial charge < -0.3 is 15.4 Å². The maximum Gasteiger partial charge on any atom is 0.323 e. The molecule has 4 amide bonds. The minimum atomic E-state index is -0.464.